The molecule has 0 aromatic heterocycles. The third-order valence-electron chi connectivity index (χ3n) is 6.63. The maximum Gasteiger partial charge on any atom is 0.393 e. The molecule has 0 rings (SSSR count). The molecule has 0 aromatic carbocycles. The Kier molecular flexibility index (Phi) is 29.5. The number of hydrogen-bond donors (Lipinski definition) is 0. The smallest absolute Gasteiger partial charge is 0.373 e. The fraction of sp³-hybridized carbons (Fsp3) is 0.722. The van der Waals surface area contributed by atoms with Crippen LogP contribution in [0.2, 0.25) is 0 Å². The number of ether oxygens (including phenoxy) is 1. The molecule has 3 nitrogen and oxygen atoms in total. The summed E-state index contributed by atoms with van der Waals surface area (Å²) in [7, 11) is 0. The molecule has 0 bridgehead atoms. The third-order valence-corrected chi connectivity index (χ3v) is 6.63. The van der Waals surface area contributed by atoms with Gasteiger partial charge in [0.1, 0.15) is 0 Å². The van der Waals surface area contributed by atoms with Crippen molar-refractivity contribution in [3.63, 3.8) is 0 Å². The van der Waals surface area contributed by atoms with E-state index in [-0.39, 0.29) is 0 Å². The lowest BCUT2D eigenvalue weighted by atomic mass is 10.1. The Hall–Kier alpha value is -2.62. The van der Waals surface area contributed by atoms with E-state index in [4.69, 9.17) is 0 Å². The molecule has 0 unspecified atom stereocenters. The van der Waals surface area contributed by atoms with Gasteiger partial charge in [-0.1, -0.05) is 154 Å². The highest BCUT2D eigenvalue weighted by atomic mass is 16.6. The van der Waals surface area contributed by atoms with Crippen molar-refractivity contribution in [1.82, 2.24) is 0 Å². The van der Waals surface area contributed by atoms with Gasteiger partial charge in [0.15, 0.2) is 0 Å². The first-order valence-corrected chi connectivity index (χ1v) is 15.9. The molecule has 0 aliphatic heterocycles. The number of hydrogen-bond acceptors (Lipinski definition) is 3. The van der Waals surface area contributed by atoms with Crippen molar-refractivity contribution in [2.24, 2.45) is 0 Å². The summed E-state index contributed by atoms with van der Waals surface area (Å²) in [5.74, 6) is 18.6. The van der Waals surface area contributed by atoms with Crippen LogP contribution in [0.5, 0.6) is 0 Å². The van der Waals surface area contributed by atoms with Gasteiger partial charge < -0.3 is 4.74 Å². The van der Waals surface area contributed by atoms with Crippen LogP contribution >= 0.6 is 0 Å². The lowest BCUT2D eigenvalue weighted by molar-refractivity contribution is -0.151. The zero-order valence-electron chi connectivity index (χ0n) is 25.2. The fourth-order valence-electron chi connectivity index (χ4n) is 4.27. The molecule has 0 aliphatic rings. The monoisotopic (exact) mass is 534 g/mol. The molecule has 0 aliphatic carbocycles. The Bertz CT molecular complexity index is 782. The summed E-state index contributed by atoms with van der Waals surface area (Å²) in [6, 6.07) is 0. The summed E-state index contributed by atoms with van der Waals surface area (Å²) in [4.78, 5) is 23.1. The Balaban J connectivity index is 3.69. The molecule has 0 heterocycles. The molecule has 216 valence electrons. The van der Waals surface area contributed by atoms with E-state index in [0.29, 0.717) is 0 Å². The second kappa shape index (κ2) is 31.6. The van der Waals surface area contributed by atoms with Crippen molar-refractivity contribution in [1.29, 1.82) is 0 Å². The predicted octanol–water partition coefficient (Wildman–Crippen LogP) is 9.47. The number of esters is 2. The molecule has 0 fully saturated rings. The van der Waals surface area contributed by atoms with Crippen LogP contribution in [0.15, 0.2) is 0 Å². The van der Waals surface area contributed by atoms with Gasteiger partial charge in [-0.15, -0.1) is 0 Å². The first-order chi connectivity index (χ1) is 19.2. The van der Waals surface area contributed by atoms with Crippen molar-refractivity contribution >= 4 is 11.9 Å². The van der Waals surface area contributed by atoms with E-state index in [1.165, 1.54) is 128 Å². The first kappa shape index (κ1) is 36.4. The summed E-state index contributed by atoms with van der Waals surface area (Å²) < 4.78 is 4.53. The third kappa shape index (κ3) is 31.5. The first-order valence-electron chi connectivity index (χ1n) is 15.9. The van der Waals surface area contributed by atoms with Gasteiger partial charge in [-0.3, -0.25) is 0 Å². The minimum atomic E-state index is -0.938. The SMILES string of the molecule is CCCCCCCCCCCCCC#CC#CC(=O)OC(=O)C#CC#CCCCCCCCCCCCCC. The lowest BCUT2D eigenvalue weighted by Gasteiger charge is -2.01. The molecule has 0 atom stereocenters. The minimum absolute atomic E-state index is 0.767. The molecular formula is C36H54O3. The fourth-order valence-corrected chi connectivity index (χ4v) is 4.27. The summed E-state index contributed by atoms with van der Waals surface area (Å²) in [6.07, 6.45) is 30.1. The van der Waals surface area contributed by atoms with Crippen molar-refractivity contribution in [3.05, 3.63) is 0 Å². The van der Waals surface area contributed by atoms with Gasteiger partial charge in [-0.05, 0) is 36.5 Å². The second-order valence-corrected chi connectivity index (χ2v) is 10.4. The second-order valence-electron chi connectivity index (χ2n) is 10.4. The summed E-state index contributed by atoms with van der Waals surface area (Å²) in [6.45, 7) is 4.50. The van der Waals surface area contributed by atoms with Gasteiger partial charge in [0.05, 0.1) is 0 Å². The number of carbonyl (C=O) groups is 2. The quantitative estimate of drug-likeness (QED) is 0.0457. The highest BCUT2D eigenvalue weighted by Crippen LogP contribution is 2.12. The van der Waals surface area contributed by atoms with Crippen LogP contribution in [0, 0.1) is 47.4 Å². The van der Waals surface area contributed by atoms with E-state index in [9.17, 15) is 9.59 Å². The van der Waals surface area contributed by atoms with Crippen LogP contribution in [0.4, 0.5) is 0 Å². The van der Waals surface area contributed by atoms with E-state index in [2.05, 4.69) is 65.9 Å². The largest absolute Gasteiger partial charge is 0.393 e. The van der Waals surface area contributed by atoms with Crippen LogP contribution in [0.1, 0.15) is 168 Å². The number of carbonyl (C=O) groups excluding carboxylic acids is 2. The van der Waals surface area contributed by atoms with Gasteiger partial charge in [-0.2, -0.15) is 0 Å². The van der Waals surface area contributed by atoms with Crippen LogP contribution in [0.3, 0.4) is 0 Å². The highest BCUT2D eigenvalue weighted by Gasteiger charge is 2.03. The minimum Gasteiger partial charge on any atom is -0.373 e. The Morgan fingerprint density at radius 1 is 0.410 bits per heavy atom. The van der Waals surface area contributed by atoms with Gasteiger partial charge in [0.25, 0.3) is 0 Å². The van der Waals surface area contributed by atoms with Crippen molar-refractivity contribution < 1.29 is 14.3 Å². The molecule has 0 saturated carbocycles. The highest BCUT2D eigenvalue weighted by molar-refractivity contribution is 6.02. The Morgan fingerprint density at radius 2 is 0.692 bits per heavy atom. The molecule has 0 spiro atoms. The van der Waals surface area contributed by atoms with E-state index in [1.54, 1.807) is 0 Å². The van der Waals surface area contributed by atoms with E-state index < -0.39 is 11.9 Å². The molecule has 0 N–H and O–H groups in total. The average molecular weight is 535 g/mol. The van der Waals surface area contributed by atoms with Crippen molar-refractivity contribution in [3.8, 4) is 47.4 Å². The molecule has 3 heteroatoms. The molecule has 0 aromatic rings. The van der Waals surface area contributed by atoms with Crippen molar-refractivity contribution in [2.75, 3.05) is 0 Å². The van der Waals surface area contributed by atoms with Gasteiger partial charge in [0.2, 0.25) is 0 Å². The summed E-state index contributed by atoms with van der Waals surface area (Å²) >= 11 is 0. The standard InChI is InChI=1S/C36H54O3/c1-3-5-7-9-11-13-15-17-19-21-23-25-27-29-31-33-35(37)39-36(38)34-32-30-28-26-24-22-20-18-16-14-12-10-8-6-4-2/h3-26H2,1-2H3. The maximum absolute atomic E-state index is 11.6. The maximum atomic E-state index is 11.6. The van der Waals surface area contributed by atoms with Gasteiger partial charge >= 0.3 is 11.9 Å². The molecule has 0 amide bonds. The van der Waals surface area contributed by atoms with Crippen molar-refractivity contribution in [2.45, 2.75) is 168 Å². The van der Waals surface area contributed by atoms with Crippen LogP contribution in [-0.4, -0.2) is 11.9 Å². The summed E-state index contributed by atoms with van der Waals surface area (Å²) in [5.41, 5.74) is 0. The van der Waals surface area contributed by atoms with Crippen LogP contribution in [-0.2, 0) is 14.3 Å². The zero-order valence-corrected chi connectivity index (χ0v) is 25.2. The van der Waals surface area contributed by atoms with Gasteiger partial charge in [0, 0.05) is 24.7 Å². The zero-order chi connectivity index (χ0) is 28.5. The van der Waals surface area contributed by atoms with Gasteiger partial charge in [-0.25, -0.2) is 9.59 Å². The molecule has 0 radical (unpaired) electrons. The number of unbranched alkanes of at least 4 members (excludes halogenated alkanes) is 22. The van der Waals surface area contributed by atoms with E-state index in [1.807, 2.05) is 0 Å². The topological polar surface area (TPSA) is 43.4 Å². The predicted molar refractivity (Wildman–Crippen MR) is 164 cm³/mol. The molecular weight excluding hydrogens is 480 g/mol. The van der Waals surface area contributed by atoms with E-state index in [0.717, 1.165) is 25.7 Å². The Morgan fingerprint density at radius 3 is 1.00 bits per heavy atom. The van der Waals surface area contributed by atoms with E-state index >= 15 is 0 Å². The number of rotatable bonds is 22. The van der Waals surface area contributed by atoms with Crippen LogP contribution < -0.4 is 0 Å². The Labute approximate surface area is 241 Å². The van der Waals surface area contributed by atoms with Crippen LogP contribution in [0.25, 0.3) is 0 Å². The average Bonchev–Trinajstić information content (AvgIpc) is 2.93. The summed E-state index contributed by atoms with van der Waals surface area (Å²) in [5, 5.41) is 0. The molecule has 39 heavy (non-hydrogen) atoms. The molecule has 0 saturated heterocycles. The lowest BCUT2D eigenvalue weighted by Crippen LogP contribution is -2.07. The normalized spacial score (nSPS) is 9.59.